The quantitative estimate of drug-likeness (QED) is 0.132. The van der Waals surface area contributed by atoms with Crippen molar-refractivity contribution in [1.29, 1.82) is 0 Å². The lowest BCUT2D eigenvalue weighted by Crippen LogP contribution is -2.56. The van der Waals surface area contributed by atoms with Crippen LogP contribution in [-0.2, 0) is 33.8 Å². The first-order valence-electron chi connectivity index (χ1n) is 18.7. The van der Waals surface area contributed by atoms with Crippen molar-refractivity contribution in [2.24, 2.45) is 5.92 Å². The highest BCUT2D eigenvalue weighted by molar-refractivity contribution is 6.33. The normalized spacial score (nSPS) is 20.8. The second-order valence-electron chi connectivity index (χ2n) is 15.7. The summed E-state index contributed by atoms with van der Waals surface area (Å²) >= 11 is 12.7. The molecular weight excluding hydrogens is 751 g/mol. The standard InChI is InChI=1S/C42H45Cl2F2N3O6/c1-42(2,3)54-41(51)49-28-10-16-36(49)37(40(50)48(27-8-9-27)22-26-19-24(17-18-52-4)5-13-32(26)43)31(20-28)25-6-11-29(12-7-25)53-23-30-21-35(47-55-30)38-33(45)14-15-34(46)39(38)44/h5-7,11-15,19,21,27-28,31,36-37H,8-10,16-18,20,22-23H2,1-4H3/t28-,31+,36+,37+/m0/s1. The number of benzene rings is 3. The molecule has 2 saturated heterocycles. The SMILES string of the molecule is COCCc1ccc(Cl)c(CN(C(=O)[C@@H]2[C@@H](c3ccc(OCc4cc(-c5c(F)ccc(F)c5Cl)no4)cc3)C[C@@H]3CC[C@H]2N3C(=O)OC(C)(C)C)C2CC2)c1. The number of amides is 2. The maximum atomic E-state index is 15.1. The molecule has 3 aliphatic rings. The third-order valence-corrected chi connectivity index (χ3v) is 11.4. The molecule has 2 amide bonds. The fraction of sp³-hybridized carbons (Fsp3) is 0.452. The average Bonchev–Trinajstić information content (AvgIpc) is 3.80. The maximum Gasteiger partial charge on any atom is 0.410 e. The van der Waals surface area contributed by atoms with E-state index in [-0.39, 0.29) is 58.9 Å². The van der Waals surface area contributed by atoms with Gasteiger partial charge in [-0.15, -0.1) is 0 Å². The van der Waals surface area contributed by atoms with Crippen LogP contribution in [0.1, 0.15) is 81.2 Å². The van der Waals surface area contributed by atoms with Gasteiger partial charge in [-0.1, -0.05) is 52.6 Å². The number of fused-ring (bicyclic) bond motifs is 2. The number of hydrogen-bond donors (Lipinski definition) is 0. The Morgan fingerprint density at radius 1 is 0.982 bits per heavy atom. The van der Waals surface area contributed by atoms with Gasteiger partial charge in [-0.25, -0.2) is 13.6 Å². The summed E-state index contributed by atoms with van der Waals surface area (Å²) in [5, 5.41) is 4.10. The molecule has 9 nitrogen and oxygen atoms in total. The highest BCUT2D eigenvalue weighted by Gasteiger charge is 2.55. The van der Waals surface area contributed by atoms with Gasteiger partial charge < -0.3 is 28.5 Å². The van der Waals surface area contributed by atoms with E-state index >= 15 is 4.79 Å². The van der Waals surface area contributed by atoms with E-state index in [2.05, 4.69) is 11.2 Å². The van der Waals surface area contributed by atoms with E-state index in [1.54, 1.807) is 7.11 Å². The van der Waals surface area contributed by atoms with Gasteiger partial charge in [-0.05, 0) is 112 Å². The monoisotopic (exact) mass is 795 g/mol. The summed E-state index contributed by atoms with van der Waals surface area (Å²) in [6.45, 7) is 6.50. The van der Waals surface area contributed by atoms with E-state index < -0.39 is 23.2 Å². The lowest BCUT2D eigenvalue weighted by Gasteiger charge is -2.45. The molecule has 3 fully saturated rings. The zero-order valence-electron chi connectivity index (χ0n) is 31.3. The molecule has 0 spiro atoms. The molecule has 1 aromatic heterocycles. The highest BCUT2D eigenvalue weighted by Crippen LogP contribution is 2.49. The first-order chi connectivity index (χ1) is 26.3. The number of ether oxygens (including phenoxy) is 3. The molecule has 4 atom stereocenters. The number of nitrogens with zero attached hydrogens (tertiary/aromatic N) is 3. The maximum absolute atomic E-state index is 15.1. The fourth-order valence-electron chi connectivity index (χ4n) is 7.98. The lowest BCUT2D eigenvalue weighted by molar-refractivity contribution is -0.141. The van der Waals surface area contributed by atoms with Crippen LogP contribution in [0.4, 0.5) is 13.6 Å². The van der Waals surface area contributed by atoms with E-state index in [4.69, 9.17) is 41.9 Å². The van der Waals surface area contributed by atoms with Crippen molar-refractivity contribution in [2.45, 2.75) is 102 Å². The smallest absolute Gasteiger partial charge is 0.410 e. The molecule has 7 rings (SSSR count). The molecule has 2 bridgehead atoms. The second-order valence-corrected chi connectivity index (χ2v) is 16.5. The van der Waals surface area contributed by atoms with Crippen molar-refractivity contribution in [2.75, 3.05) is 13.7 Å². The molecule has 1 saturated carbocycles. The van der Waals surface area contributed by atoms with Gasteiger partial charge in [0, 0.05) is 42.9 Å². The van der Waals surface area contributed by atoms with Crippen LogP contribution in [0, 0.1) is 17.6 Å². The van der Waals surface area contributed by atoms with Crippen molar-refractivity contribution < 1.29 is 37.1 Å². The summed E-state index contributed by atoms with van der Waals surface area (Å²) in [5.74, 6) is -1.31. The third-order valence-electron chi connectivity index (χ3n) is 10.7. The molecule has 0 N–H and O–H groups in total. The molecule has 0 unspecified atom stereocenters. The van der Waals surface area contributed by atoms with E-state index in [0.717, 1.165) is 54.5 Å². The Bertz CT molecular complexity index is 2030. The predicted octanol–water partition coefficient (Wildman–Crippen LogP) is 9.76. The number of carbonyl (C=O) groups excluding carboxylic acids is 2. The number of rotatable bonds is 12. The van der Waals surface area contributed by atoms with Gasteiger partial charge in [0.1, 0.15) is 35.3 Å². The minimum Gasteiger partial charge on any atom is -0.486 e. The number of carbonyl (C=O) groups is 2. The largest absolute Gasteiger partial charge is 0.486 e. The summed E-state index contributed by atoms with van der Waals surface area (Å²) < 4.78 is 51.0. The number of halogens is 4. The third kappa shape index (κ3) is 8.64. The van der Waals surface area contributed by atoms with Gasteiger partial charge in [0.2, 0.25) is 5.91 Å². The summed E-state index contributed by atoms with van der Waals surface area (Å²) in [6.07, 6.45) is 4.27. The Morgan fingerprint density at radius 2 is 1.73 bits per heavy atom. The van der Waals surface area contributed by atoms with Crippen LogP contribution >= 0.6 is 23.2 Å². The van der Waals surface area contributed by atoms with Crippen molar-refractivity contribution >= 4 is 35.2 Å². The molecule has 55 heavy (non-hydrogen) atoms. The molecule has 292 valence electrons. The van der Waals surface area contributed by atoms with Gasteiger partial charge in [-0.2, -0.15) is 0 Å². The number of aromatic nitrogens is 1. The molecule has 13 heteroatoms. The van der Waals surface area contributed by atoms with E-state index in [0.29, 0.717) is 42.5 Å². The lowest BCUT2D eigenvalue weighted by atomic mass is 9.75. The molecule has 2 aliphatic heterocycles. The number of methoxy groups -OCH3 is 1. The number of hydrogen-bond acceptors (Lipinski definition) is 7. The van der Waals surface area contributed by atoms with Gasteiger partial charge >= 0.3 is 6.09 Å². The Hall–Kier alpha value is -4.19. The summed E-state index contributed by atoms with van der Waals surface area (Å²) in [5.41, 5.74) is 2.14. The van der Waals surface area contributed by atoms with Crippen molar-refractivity contribution in [3.63, 3.8) is 0 Å². The first-order valence-corrected chi connectivity index (χ1v) is 19.5. The van der Waals surface area contributed by atoms with Crippen molar-refractivity contribution in [1.82, 2.24) is 15.0 Å². The van der Waals surface area contributed by atoms with Crippen LogP contribution in [0.5, 0.6) is 5.75 Å². The topological polar surface area (TPSA) is 94.3 Å². The Morgan fingerprint density at radius 3 is 2.44 bits per heavy atom. The van der Waals surface area contributed by atoms with Crippen LogP contribution in [0.15, 0.2) is 65.2 Å². The van der Waals surface area contributed by atoms with Crippen molar-refractivity contribution in [3.8, 4) is 17.0 Å². The van der Waals surface area contributed by atoms with Gasteiger partial charge in [0.25, 0.3) is 0 Å². The highest BCUT2D eigenvalue weighted by atomic mass is 35.5. The van der Waals surface area contributed by atoms with Gasteiger partial charge in [0.05, 0.1) is 23.1 Å². The zero-order valence-corrected chi connectivity index (χ0v) is 32.8. The van der Waals surface area contributed by atoms with Crippen molar-refractivity contribution in [3.05, 3.63) is 105 Å². The van der Waals surface area contributed by atoms with Gasteiger partial charge in [0.15, 0.2) is 5.76 Å². The number of piperidine rings is 1. The summed E-state index contributed by atoms with van der Waals surface area (Å²) in [7, 11) is 1.67. The van der Waals surface area contributed by atoms with Crippen LogP contribution in [0.2, 0.25) is 10.0 Å². The molecule has 1 aliphatic carbocycles. The van der Waals surface area contributed by atoms with Crippen LogP contribution < -0.4 is 4.74 Å². The van der Waals surface area contributed by atoms with Gasteiger partial charge in [-0.3, -0.25) is 4.79 Å². The Labute approximate surface area is 329 Å². The second kappa shape index (κ2) is 16.1. The van der Waals surface area contributed by atoms with Crippen LogP contribution in [-0.4, -0.2) is 64.4 Å². The average molecular weight is 797 g/mol. The summed E-state index contributed by atoms with van der Waals surface area (Å²) in [6, 6.07) is 16.6. The zero-order chi connectivity index (χ0) is 39.0. The molecule has 3 heterocycles. The molecular formula is C42H45Cl2F2N3O6. The van der Waals surface area contributed by atoms with E-state index in [9.17, 15) is 13.6 Å². The summed E-state index contributed by atoms with van der Waals surface area (Å²) in [4.78, 5) is 32.6. The minimum atomic E-state index is -0.764. The van der Waals surface area contributed by atoms with Crippen LogP contribution in [0.3, 0.4) is 0 Å². The molecule has 4 aromatic rings. The van der Waals surface area contributed by atoms with Crippen LogP contribution in [0.25, 0.3) is 11.3 Å². The fourth-order valence-corrected chi connectivity index (χ4v) is 8.41. The molecule has 3 aromatic carbocycles. The van der Waals surface area contributed by atoms with E-state index in [1.165, 1.54) is 6.07 Å². The molecule has 0 radical (unpaired) electrons. The minimum absolute atomic E-state index is 0.0149. The predicted molar refractivity (Wildman–Crippen MR) is 204 cm³/mol. The Kier molecular flexibility index (Phi) is 11.4. The first kappa shape index (κ1) is 39.1. The van der Waals surface area contributed by atoms with E-state index in [1.807, 2.05) is 67.0 Å². The Balaban J connectivity index is 1.13.